The molecule has 0 aromatic heterocycles. The summed E-state index contributed by atoms with van der Waals surface area (Å²) in [5, 5.41) is 15.2. The van der Waals surface area contributed by atoms with Gasteiger partial charge in [-0.2, -0.15) is 0 Å². The van der Waals surface area contributed by atoms with Crippen LogP contribution in [0.25, 0.3) is 0 Å². The summed E-state index contributed by atoms with van der Waals surface area (Å²) in [7, 11) is 0. The van der Waals surface area contributed by atoms with Gasteiger partial charge in [-0.1, -0.05) is 6.92 Å². The van der Waals surface area contributed by atoms with Crippen LogP contribution in [-0.4, -0.2) is 41.8 Å². The molecule has 0 bridgehead atoms. The van der Waals surface area contributed by atoms with Crippen LogP contribution in [0.1, 0.15) is 26.7 Å². The molecule has 0 aromatic carbocycles. The normalized spacial score (nSPS) is 8.57. The lowest BCUT2D eigenvalue weighted by molar-refractivity contribution is -0.145. The topological polar surface area (TPSA) is 83.8 Å². The van der Waals surface area contributed by atoms with E-state index in [9.17, 15) is 9.59 Å². The monoisotopic (exact) mass is 206 g/mol. The Morgan fingerprint density at radius 2 is 1.71 bits per heavy atom. The van der Waals surface area contributed by atoms with E-state index in [2.05, 4.69) is 4.74 Å². The predicted molar refractivity (Wildman–Crippen MR) is 50.7 cm³/mol. The maximum atomic E-state index is 10.6. The average Bonchev–Trinajstić information content (AvgIpc) is 2.14. The van der Waals surface area contributed by atoms with E-state index in [0.29, 0.717) is 6.61 Å². The molecular formula is C9H18O5. The second kappa shape index (κ2) is 12.1. The van der Waals surface area contributed by atoms with E-state index in [1.165, 1.54) is 6.92 Å². The molecule has 0 heterocycles. The second-order valence-electron chi connectivity index (χ2n) is 2.55. The first-order valence-corrected chi connectivity index (χ1v) is 4.45. The van der Waals surface area contributed by atoms with E-state index in [0.717, 1.165) is 6.42 Å². The van der Waals surface area contributed by atoms with Crippen LogP contribution in [0.3, 0.4) is 0 Å². The minimum atomic E-state index is -0.422. The molecule has 84 valence electrons. The maximum absolute atomic E-state index is 10.6. The number of Topliss-reactive ketones (excluding diaryl/α,β-unsaturated/α-hetero) is 1. The van der Waals surface area contributed by atoms with Gasteiger partial charge < -0.3 is 14.9 Å². The molecule has 0 aliphatic carbocycles. The second-order valence-corrected chi connectivity index (χ2v) is 2.55. The van der Waals surface area contributed by atoms with Crippen molar-refractivity contribution in [2.75, 3.05) is 19.8 Å². The quantitative estimate of drug-likeness (QED) is 0.484. The van der Waals surface area contributed by atoms with Crippen LogP contribution in [-0.2, 0) is 14.3 Å². The van der Waals surface area contributed by atoms with Crippen molar-refractivity contribution in [2.45, 2.75) is 26.7 Å². The Bertz CT molecular complexity index is 153. The van der Waals surface area contributed by atoms with Crippen molar-refractivity contribution < 1.29 is 24.5 Å². The Labute approximate surface area is 83.7 Å². The molecule has 2 N–H and O–H groups in total. The Kier molecular flexibility index (Phi) is 13.4. The number of rotatable bonds is 5. The molecule has 0 amide bonds. The van der Waals surface area contributed by atoms with Gasteiger partial charge in [0.1, 0.15) is 12.2 Å². The number of carbonyl (C=O) groups excluding carboxylic acids is 2. The molecule has 0 spiro atoms. The van der Waals surface area contributed by atoms with E-state index in [1.807, 2.05) is 6.92 Å². The van der Waals surface area contributed by atoms with Crippen molar-refractivity contribution in [1.29, 1.82) is 0 Å². The molecule has 0 saturated carbocycles. The number of esters is 1. The Morgan fingerprint density at radius 1 is 1.21 bits per heavy atom. The summed E-state index contributed by atoms with van der Waals surface area (Å²) in [6.45, 7) is 3.43. The number of carbonyl (C=O) groups is 2. The van der Waals surface area contributed by atoms with Gasteiger partial charge in [0.05, 0.1) is 19.8 Å². The van der Waals surface area contributed by atoms with Gasteiger partial charge in [0.15, 0.2) is 0 Å². The van der Waals surface area contributed by atoms with E-state index >= 15 is 0 Å². The highest BCUT2D eigenvalue weighted by atomic mass is 16.5. The van der Waals surface area contributed by atoms with E-state index < -0.39 is 5.97 Å². The summed E-state index contributed by atoms with van der Waals surface area (Å²) in [6.07, 6.45) is 0.698. The summed E-state index contributed by atoms with van der Waals surface area (Å²) in [5.74, 6) is -0.574. The van der Waals surface area contributed by atoms with E-state index in [1.54, 1.807) is 0 Å². The van der Waals surface area contributed by atoms with Crippen LogP contribution in [0.5, 0.6) is 0 Å². The zero-order valence-corrected chi connectivity index (χ0v) is 8.65. The first-order valence-electron chi connectivity index (χ1n) is 4.45. The molecule has 0 atom stereocenters. The Morgan fingerprint density at radius 3 is 2.00 bits per heavy atom. The summed E-state index contributed by atoms with van der Waals surface area (Å²) >= 11 is 0. The molecule has 0 saturated heterocycles. The first-order chi connectivity index (χ1) is 6.58. The molecule has 0 radical (unpaired) electrons. The van der Waals surface area contributed by atoms with E-state index in [4.69, 9.17) is 10.2 Å². The summed E-state index contributed by atoms with van der Waals surface area (Å²) < 4.78 is 4.64. The van der Waals surface area contributed by atoms with Gasteiger partial charge in [0.2, 0.25) is 0 Å². The van der Waals surface area contributed by atoms with Gasteiger partial charge in [0, 0.05) is 0 Å². The van der Waals surface area contributed by atoms with Crippen molar-refractivity contribution in [2.24, 2.45) is 0 Å². The van der Waals surface area contributed by atoms with Gasteiger partial charge in [-0.25, -0.2) is 0 Å². The van der Waals surface area contributed by atoms with E-state index in [-0.39, 0.29) is 25.4 Å². The number of hydrogen-bond acceptors (Lipinski definition) is 5. The van der Waals surface area contributed by atoms with Gasteiger partial charge in [-0.3, -0.25) is 9.59 Å². The number of ether oxygens (including phenoxy) is 1. The highest BCUT2D eigenvalue weighted by Gasteiger charge is 2.04. The summed E-state index contributed by atoms with van der Waals surface area (Å²) in [4.78, 5) is 20.9. The molecule has 0 rings (SSSR count). The van der Waals surface area contributed by atoms with Crippen molar-refractivity contribution in [3.8, 4) is 0 Å². The van der Waals surface area contributed by atoms with Gasteiger partial charge in [0.25, 0.3) is 0 Å². The van der Waals surface area contributed by atoms with Crippen LogP contribution in [0, 0.1) is 0 Å². The number of aliphatic hydroxyl groups excluding tert-OH is 2. The van der Waals surface area contributed by atoms with Gasteiger partial charge >= 0.3 is 5.97 Å². The third-order valence-corrected chi connectivity index (χ3v) is 0.960. The molecule has 0 aliphatic rings. The fourth-order valence-corrected chi connectivity index (χ4v) is 0.470. The molecule has 0 aliphatic heterocycles. The van der Waals surface area contributed by atoms with Crippen LogP contribution in [0.4, 0.5) is 0 Å². The van der Waals surface area contributed by atoms with Crippen LogP contribution < -0.4 is 0 Å². The van der Waals surface area contributed by atoms with Crippen molar-refractivity contribution >= 4 is 11.8 Å². The zero-order chi connectivity index (χ0) is 11.4. The number of hydrogen-bond donors (Lipinski definition) is 2. The molecule has 5 heteroatoms. The highest BCUT2D eigenvalue weighted by Crippen LogP contribution is 1.88. The third-order valence-electron chi connectivity index (χ3n) is 0.960. The molecule has 5 nitrogen and oxygen atoms in total. The first kappa shape index (κ1) is 15.5. The fourth-order valence-electron chi connectivity index (χ4n) is 0.470. The molecule has 0 aromatic rings. The lowest BCUT2D eigenvalue weighted by atomic mass is 10.3. The summed E-state index contributed by atoms with van der Waals surface area (Å²) in [5.41, 5.74) is 0. The van der Waals surface area contributed by atoms with Crippen LogP contribution in [0.2, 0.25) is 0 Å². The molecule has 14 heavy (non-hydrogen) atoms. The smallest absolute Gasteiger partial charge is 0.313 e. The molecule has 0 fully saturated rings. The minimum absolute atomic E-state index is 0.0972. The van der Waals surface area contributed by atoms with Crippen LogP contribution in [0.15, 0.2) is 0 Å². The van der Waals surface area contributed by atoms with Crippen molar-refractivity contribution in [3.63, 3.8) is 0 Å². The lowest BCUT2D eigenvalue weighted by Gasteiger charge is -1.98. The molecule has 0 unspecified atom stereocenters. The average molecular weight is 206 g/mol. The number of ketones is 1. The lowest BCUT2D eigenvalue weighted by Crippen LogP contribution is -2.09. The largest absolute Gasteiger partial charge is 0.465 e. The standard InChI is InChI=1S/C7H12O3.C2H6O2/c1-3-4-10-7(9)5-6(2)8;3-1-2-4/h3-5H2,1-2H3;3-4H,1-2H2. The Balaban J connectivity index is 0. The fraction of sp³-hybridized carbons (Fsp3) is 0.778. The SMILES string of the molecule is CCCOC(=O)CC(C)=O.OCCO. The predicted octanol–water partition coefficient (Wildman–Crippen LogP) is -0.110. The van der Waals surface area contributed by atoms with Crippen molar-refractivity contribution in [1.82, 2.24) is 0 Å². The third kappa shape index (κ3) is 17.2. The highest BCUT2D eigenvalue weighted by molar-refractivity contribution is 5.94. The summed E-state index contributed by atoms with van der Waals surface area (Å²) in [6, 6.07) is 0. The maximum Gasteiger partial charge on any atom is 0.313 e. The number of aliphatic hydroxyl groups is 2. The minimum Gasteiger partial charge on any atom is -0.465 e. The zero-order valence-electron chi connectivity index (χ0n) is 8.65. The van der Waals surface area contributed by atoms with Gasteiger partial charge in [-0.15, -0.1) is 0 Å². The van der Waals surface area contributed by atoms with Crippen LogP contribution >= 0.6 is 0 Å². The van der Waals surface area contributed by atoms with Crippen molar-refractivity contribution in [3.05, 3.63) is 0 Å². The molecular weight excluding hydrogens is 188 g/mol. The van der Waals surface area contributed by atoms with Gasteiger partial charge in [-0.05, 0) is 13.3 Å². The Hall–Kier alpha value is -0.940.